The highest BCUT2D eigenvalue weighted by atomic mass is 32.2. The van der Waals surface area contributed by atoms with E-state index in [2.05, 4.69) is 13.8 Å². The first-order chi connectivity index (χ1) is 15.9. The van der Waals surface area contributed by atoms with Crippen molar-refractivity contribution in [2.45, 2.75) is 101 Å². The monoisotopic (exact) mass is 546 g/mol. The van der Waals surface area contributed by atoms with Crippen LogP contribution in [0.15, 0.2) is 0 Å². The minimum absolute atomic E-state index is 0.516. The molecule has 0 amide bonds. The Morgan fingerprint density at radius 1 is 0.485 bits per heavy atom. The maximum atomic E-state index is 5.84. The Morgan fingerprint density at radius 2 is 0.788 bits per heavy atom. The van der Waals surface area contributed by atoms with Crippen LogP contribution in [0.5, 0.6) is 0 Å². The standard InChI is InChI=1S/C22H50O7S2Si2/c1-21(17-13-9-11-15-19-32(23-3,24-4)25-5)30-29-31-22(2)18-14-10-12-16-20-33(26-6,27-7)28-8/h21-22H,9-20H2,1-8H3. The van der Waals surface area contributed by atoms with Crippen molar-refractivity contribution in [3.8, 4) is 0 Å². The Balaban J connectivity index is 3.67. The zero-order chi connectivity index (χ0) is 25.0. The largest absolute Gasteiger partial charge is 0.500 e. The number of hydrogen-bond donors (Lipinski definition) is 0. The molecule has 0 aliphatic rings. The molecule has 0 saturated heterocycles. The van der Waals surface area contributed by atoms with E-state index in [1.54, 1.807) is 66.7 Å². The highest BCUT2D eigenvalue weighted by Crippen LogP contribution is 2.29. The lowest BCUT2D eigenvalue weighted by Crippen LogP contribution is -2.42. The summed E-state index contributed by atoms with van der Waals surface area (Å²) in [7, 11) is 5.27. The van der Waals surface area contributed by atoms with E-state index >= 15 is 0 Å². The molecule has 0 aromatic rings. The molecule has 2 unspecified atom stereocenters. The second kappa shape index (κ2) is 21.0. The van der Waals surface area contributed by atoms with Crippen molar-refractivity contribution in [3.05, 3.63) is 0 Å². The molecule has 0 bridgehead atoms. The van der Waals surface area contributed by atoms with Crippen LogP contribution in [-0.4, -0.2) is 70.8 Å². The Bertz CT molecular complexity index is 390. The molecule has 0 aliphatic heterocycles. The molecule has 0 fully saturated rings. The van der Waals surface area contributed by atoms with Crippen LogP contribution in [-0.2, 0) is 30.2 Å². The predicted molar refractivity (Wildman–Crippen MR) is 145 cm³/mol. The zero-order valence-corrected chi connectivity index (χ0v) is 25.9. The van der Waals surface area contributed by atoms with E-state index in [1.807, 2.05) is 0 Å². The van der Waals surface area contributed by atoms with Crippen molar-refractivity contribution in [1.82, 2.24) is 0 Å². The van der Waals surface area contributed by atoms with Crippen molar-refractivity contribution in [3.63, 3.8) is 0 Å². The van der Waals surface area contributed by atoms with Gasteiger partial charge in [0.2, 0.25) is 0 Å². The summed E-state index contributed by atoms with van der Waals surface area (Å²) in [5.74, 6) is 0. The molecule has 0 aromatic heterocycles. The molecule has 7 nitrogen and oxygen atoms in total. The quantitative estimate of drug-likeness (QED) is 0.0744. The molecule has 2 atom stereocenters. The van der Waals surface area contributed by atoms with Gasteiger partial charge in [-0.2, -0.15) is 0 Å². The third-order valence-corrected chi connectivity index (χ3v) is 13.4. The van der Waals surface area contributed by atoms with Crippen LogP contribution >= 0.6 is 24.1 Å². The Labute approximate surface area is 214 Å². The maximum Gasteiger partial charge on any atom is 0.500 e. The minimum atomic E-state index is -2.40. The summed E-state index contributed by atoms with van der Waals surface area (Å²) in [6.07, 6.45) is 11.8. The van der Waals surface area contributed by atoms with Gasteiger partial charge < -0.3 is 26.6 Å². The Morgan fingerprint density at radius 3 is 1.09 bits per heavy atom. The lowest BCUT2D eigenvalue weighted by atomic mass is 10.1. The molecular formula is C22H50O7S2Si2. The number of hydrogen-bond acceptors (Lipinski definition) is 9. The summed E-state index contributed by atoms with van der Waals surface area (Å²) < 4.78 is 38.7. The van der Waals surface area contributed by atoms with Crippen molar-refractivity contribution in [2.75, 3.05) is 42.7 Å². The molecular weight excluding hydrogens is 497 g/mol. The van der Waals surface area contributed by atoms with Crippen molar-refractivity contribution < 1.29 is 30.2 Å². The van der Waals surface area contributed by atoms with Crippen LogP contribution in [0, 0.1) is 0 Å². The van der Waals surface area contributed by atoms with Crippen LogP contribution < -0.4 is 0 Å². The van der Waals surface area contributed by atoms with E-state index in [0.717, 1.165) is 24.9 Å². The van der Waals surface area contributed by atoms with Gasteiger partial charge in [-0.3, -0.25) is 0 Å². The van der Waals surface area contributed by atoms with E-state index in [0.29, 0.717) is 10.5 Å². The molecule has 0 rings (SSSR count). The van der Waals surface area contributed by atoms with Gasteiger partial charge in [-0.25, -0.2) is 3.63 Å². The molecule has 0 aromatic carbocycles. The summed E-state index contributed by atoms with van der Waals surface area (Å²) in [5.41, 5.74) is 0. The summed E-state index contributed by atoms with van der Waals surface area (Å²) in [6, 6.07) is 1.77. The van der Waals surface area contributed by atoms with Gasteiger partial charge in [0.25, 0.3) is 0 Å². The first-order valence-corrected chi connectivity index (χ1v) is 17.6. The number of rotatable bonds is 24. The molecule has 0 saturated carbocycles. The first kappa shape index (κ1) is 33.9. The first-order valence-electron chi connectivity index (χ1n) is 12.2. The van der Waals surface area contributed by atoms with E-state index in [9.17, 15) is 0 Å². The molecule has 0 spiro atoms. The number of unbranched alkanes of at least 4 members (excludes halogenated alkanes) is 6. The molecule has 200 valence electrons. The summed E-state index contributed by atoms with van der Waals surface area (Å²) in [4.78, 5) is 0. The Kier molecular flexibility index (Phi) is 21.5. The lowest BCUT2D eigenvalue weighted by molar-refractivity contribution is 0.122. The van der Waals surface area contributed by atoms with Gasteiger partial charge in [0, 0.05) is 89.3 Å². The van der Waals surface area contributed by atoms with Gasteiger partial charge >= 0.3 is 17.6 Å². The van der Waals surface area contributed by atoms with E-state index in [-0.39, 0.29) is 0 Å². The average molecular weight is 547 g/mol. The fourth-order valence-electron chi connectivity index (χ4n) is 3.62. The molecule has 33 heavy (non-hydrogen) atoms. The molecule has 0 N–H and O–H groups in total. The van der Waals surface area contributed by atoms with Gasteiger partial charge in [0.15, 0.2) is 0 Å². The smallest absolute Gasteiger partial charge is 0.377 e. The fraction of sp³-hybridized carbons (Fsp3) is 1.00. The average Bonchev–Trinajstić information content (AvgIpc) is 2.84. The molecule has 11 heteroatoms. The second-order valence-corrected chi connectivity index (χ2v) is 17.1. The van der Waals surface area contributed by atoms with E-state index in [1.165, 1.54) is 51.4 Å². The Hall–Kier alpha value is 0.854. The van der Waals surface area contributed by atoms with Gasteiger partial charge in [-0.15, -0.1) is 0 Å². The van der Waals surface area contributed by atoms with Crippen molar-refractivity contribution >= 4 is 41.7 Å². The summed E-state index contributed by atoms with van der Waals surface area (Å²) >= 11 is 3.23. The van der Waals surface area contributed by atoms with E-state index in [4.69, 9.17) is 30.2 Å². The minimum Gasteiger partial charge on any atom is -0.377 e. The van der Waals surface area contributed by atoms with E-state index < -0.39 is 17.6 Å². The normalized spacial score (nSPS) is 14.5. The summed E-state index contributed by atoms with van der Waals surface area (Å²) in [6.45, 7) is 4.50. The van der Waals surface area contributed by atoms with Crippen LogP contribution in [0.25, 0.3) is 0 Å². The zero-order valence-electron chi connectivity index (χ0n) is 22.3. The van der Waals surface area contributed by atoms with Gasteiger partial charge in [-0.05, 0) is 25.7 Å². The molecule has 0 aliphatic carbocycles. The van der Waals surface area contributed by atoms with Crippen LogP contribution in [0.1, 0.15) is 78.1 Å². The van der Waals surface area contributed by atoms with Gasteiger partial charge in [-0.1, -0.05) is 52.4 Å². The maximum absolute atomic E-state index is 5.84. The third kappa shape index (κ3) is 15.5. The van der Waals surface area contributed by atoms with Crippen LogP contribution in [0.3, 0.4) is 0 Å². The second-order valence-electron chi connectivity index (χ2n) is 8.38. The van der Waals surface area contributed by atoms with Crippen molar-refractivity contribution in [2.24, 2.45) is 0 Å². The third-order valence-electron chi connectivity index (χ3n) is 5.96. The van der Waals surface area contributed by atoms with Crippen molar-refractivity contribution in [1.29, 1.82) is 0 Å². The lowest BCUT2D eigenvalue weighted by Gasteiger charge is -2.24. The predicted octanol–water partition coefficient (Wildman–Crippen LogP) is 6.73. The van der Waals surface area contributed by atoms with Crippen LogP contribution in [0.2, 0.25) is 12.1 Å². The molecule has 0 radical (unpaired) electrons. The highest BCUT2D eigenvalue weighted by molar-refractivity contribution is 8.08. The topological polar surface area (TPSA) is 64.6 Å². The summed E-state index contributed by atoms with van der Waals surface area (Å²) in [5, 5.41) is 1.03. The van der Waals surface area contributed by atoms with Gasteiger partial charge in [0.05, 0.1) is 0 Å². The fourth-order valence-corrected chi connectivity index (χ4v) is 8.99. The van der Waals surface area contributed by atoms with Gasteiger partial charge in [0.1, 0.15) is 0 Å². The van der Waals surface area contributed by atoms with Crippen LogP contribution in [0.4, 0.5) is 0 Å². The SMILES string of the molecule is CO[Si](CCCCCCC(C)SOSC(C)CCCCCC[Si](OC)(OC)OC)(OC)OC. The molecule has 0 heterocycles. The highest BCUT2D eigenvalue weighted by Gasteiger charge is 2.37.